The molecule has 1 fully saturated rings. The number of nitrogens with zero attached hydrogens (tertiary/aromatic N) is 2. The molecule has 1 aliphatic rings. The fourth-order valence-corrected chi connectivity index (χ4v) is 3.38. The number of amides is 4. The molecular weight excluding hydrogens is 436 g/mol. The van der Waals surface area contributed by atoms with Gasteiger partial charge < -0.3 is 43.6 Å². The quantitative estimate of drug-likeness (QED) is 0.0807. The summed E-state index contributed by atoms with van der Waals surface area (Å²) in [5.41, 5.74) is 21.3. The van der Waals surface area contributed by atoms with Crippen molar-refractivity contribution < 1.29 is 29.1 Å². The van der Waals surface area contributed by atoms with Crippen LogP contribution >= 0.6 is 0 Å². The van der Waals surface area contributed by atoms with Crippen LogP contribution in [0.3, 0.4) is 0 Å². The lowest BCUT2D eigenvalue weighted by Crippen LogP contribution is -2.57. The first-order valence-electron chi connectivity index (χ1n) is 10.7. The highest BCUT2D eigenvalue weighted by molar-refractivity contribution is 5.94. The van der Waals surface area contributed by atoms with E-state index in [9.17, 15) is 29.1 Å². The molecule has 4 atom stereocenters. The Morgan fingerprint density at radius 3 is 2.24 bits per heavy atom. The molecule has 0 saturated carbocycles. The third kappa shape index (κ3) is 9.31. The lowest BCUT2D eigenvalue weighted by atomic mass is 10.1. The average Bonchev–Trinajstić information content (AvgIpc) is 3.22. The minimum atomic E-state index is -1.17. The number of primary amides is 1. The number of guanidine groups is 1. The van der Waals surface area contributed by atoms with Crippen molar-refractivity contribution in [1.29, 1.82) is 0 Å². The molecule has 33 heavy (non-hydrogen) atoms. The number of aliphatic carboxylic acids is 1. The number of nitrogens with two attached hydrogens (primary N) is 4. The summed E-state index contributed by atoms with van der Waals surface area (Å²) in [6.45, 7) is 1.85. The van der Waals surface area contributed by atoms with Crippen molar-refractivity contribution in [2.45, 2.75) is 69.6 Å². The molecule has 11 N–H and O–H groups in total. The second kappa shape index (κ2) is 13.2. The van der Waals surface area contributed by atoms with E-state index in [1.54, 1.807) is 0 Å². The largest absolute Gasteiger partial charge is 0.480 e. The van der Waals surface area contributed by atoms with Crippen LogP contribution in [-0.2, 0) is 24.0 Å². The van der Waals surface area contributed by atoms with Gasteiger partial charge in [-0.15, -0.1) is 0 Å². The van der Waals surface area contributed by atoms with E-state index in [2.05, 4.69) is 15.6 Å². The van der Waals surface area contributed by atoms with Crippen molar-refractivity contribution in [3.63, 3.8) is 0 Å². The second-order valence-electron chi connectivity index (χ2n) is 7.89. The average molecular weight is 471 g/mol. The Hall–Kier alpha value is -3.42. The number of likely N-dealkylation sites (tertiary alicyclic amines) is 1. The number of carboxylic acid groups (broad SMARTS) is 1. The fourth-order valence-electron chi connectivity index (χ4n) is 3.38. The maximum Gasteiger partial charge on any atom is 0.326 e. The van der Waals surface area contributed by atoms with Crippen LogP contribution in [0.25, 0.3) is 0 Å². The Balaban J connectivity index is 3.02. The van der Waals surface area contributed by atoms with Crippen LogP contribution in [0.5, 0.6) is 0 Å². The molecule has 1 rings (SSSR count). The highest BCUT2D eigenvalue weighted by Crippen LogP contribution is 2.20. The van der Waals surface area contributed by atoms with Gasteiger partial charge in [0.1, 0.15) is 18.1 Å². The monoisotopic (exact) mass is 470 g/mol. The molecule has 0 spiro atoms. The number of carbonyl (C=O) groups is 5. The molecule has 0 radical (unpaired) electrons. The summed E-state index contributed by atoms with van der Waals surface area (Å²) in [7, 11) is 0. The molecule has 0 aromatic heterocycles. The van der Waals surface area contributed by atoms with Crippen molar-refractivity contribution in [2.75, 3.05) is 13.1 Å². The highest BCUT2D eigenvalue weighted by atomic mass is 16.4. The summed E-state index contributed by atoms with van der Waals surface area (Å²) >= 11 is 0. The van der Waals surface area contributed by atoms with Gasteiger partial charge in [-0.2, -0.15) is 0 Å². The summed E-state index contributed by atoms with van der Waals surface area (Å²) in [6, 6.07) is -4.15. The van der Waals surface area contributed by atoms with Crippen molar-refractivity contribution in [3.8, 4) is 0 Å². The van der Waals surface area contributed by atoms with Crippen molar-refractivity contribution in [1.82, 2.24) is 15.5 Å². The van der Waals surface area contributed by atoms with Gasteiger partial charge in [-0.1, -0.05) is 0 Å². The van der Waals surface area contributed by atoms with Crippen LogP contribution in [0.1, 0.15) is 45.4 Å². The Labute approximate surface area is 191 Å². The van der Waals surface area contributed by atoms with Crippen LogP contribution in [0.2, 0.25) is 0 Å². The fraction of sp³-hybridized carbons (Fsp3) is 0.684. The Morgan fingerprint density at radius 2 is 1.70 bits per heavy atom. The first-order chi connectivity index (χ1) is 15.4. The van der Waals surface area contributed by atoms with Gasteiger partial charge in [0.2, 0.25) is 23.6 Å². The molecule has 0 aliphatic carbocycles. The number of carboxylic acids is 1. The first-order valence-corrected chi connectivity index (χ1v) is 10.7. The molecular formula is C19H34N8O6. The summed E-state index contributed by atoms with van der Waals surface area (Å²) in [5.74, 6) is -3.84. The van der Waals surface area contributed by atoms with E-state index in [1.807, 2.05) is 0 Å². The zero-order valence-electron chi connectivity index (χ0n) is 18.7. The van der Waals surface area contributed by atoms with Crippen molar-refractivity contribution in [2.24, 2.45) is 27.9 Å². The van der Waals surface area contributed by atoms with Crippen LogP contribution in [-0.4, -0.2) is 82.8 Å². The normalized spacial score (nSPS) is 18.0. The maximum absolute atomic E-state index is 13.1. The van der Waals surface area contributed by atoms with Crippen LogP contribution in [0.15, 0.2) is 4.99 Å². The number of aliphatic imine (C=N–C) groups is 1. The third-order valence-corrected chi connectivity index (χ3v) is 5.11. The van der Waals surface area contributed by atoms with Crippen molar-refractivity contribution >= 4 is 35.6 Å². The molecule has 0 bridgehead atoms. The summed E-state index contributed by atoms with van der Waals surface area (Å²) in [6.07, 6.45) is 0.973. The number of carbonyl (C=O) groups excluding carboxylic acids is 4. The van der Waals surface area contributed by atoms with E-state index < -0.39 is 53.8 Å². The van der Waals surface area contributed by atoms with E-state index in [1.165, 1.54) is 11.8 Å². The number of hydrogen-bond acceptors (Lipinski definition) is 7. The van der Waals surface area contributed by atoms with Crippen LogP contribution < -0.4 is 33.6 Å². The molecule has 14 heteroatoms. The number of nitrogens with one attached hydrogen (secondary N) is 2. The predicted octanol–water partition coefficient (Wildman–Crippen LogP) is -3.30. The van der Waals surface area contributed by atoms with Gasteiger partial charge in [0.25, 0.3) is 0 Å². The Bertz CT molecular complexity index is 767. The van der Waals surface area contributed by atoms with Gasteiger partial charge >= 0.3 is 5.97 Å². The number of hydrogen-bond donors (Lipinski definition) is 7. The minimum Gasteiger partial charge on any atom is -0.480 e. The third-order valence-electron chi connectivity index (χ3n) is 5.11. The van der Waals surface area contributed by atoms with Crippen LogP contribution in [0.4, 0.5) is 0 Å². The van der Waals surface area contributed by atoms with Gasteiger partial charge in [0.05, 0.1) is 6.04 Å². The zero-order valence-corrected chi connectivity index (χ0v) is 18.7. The number of rotatable bonds is 13. The van der Waals surface area contributed by atoms with Crippen molar-refractivity contribution in [3.05, 3.63) is 0 Å². The van der Waals surface area contributed by atoms with Gasteiger partial charge in [-0.3, -0.25) is 24.2 Å². The SMILES string of the molecule is CC(N)C(=O)NC(CCC(N)=O)C(=O)NC(CCCN=C(N)N)C(=O)N1CCCC1C(=O)O. The lowest BCUT2D eigenvalue weighted by molar-refractivity contribution is -0.149. The molecule has 4 unspecified atom stereocenters. The molecule has 1 heterocycles. The Kier molecular flexibility index (Phi) is 11.0. The van der Waals surface area contributed by atoms with Gasteiger partial charge in [0.15, 0.2) is 5.96 Å². The second-order valence-corrected chi connectivity index (χ2v) is 7.89. The maximum atomic E-state index is 13.1. The molecule has 1 saturated heterocycles. The van der Waals surface area contributed by atoms with Gasteiger partial charge in [-0.05, 0) is 39.0 Å². The van der Waals surface area contributed by atoms with Gasteiger partial charge in [-0.25, -0.2) is 4.79 Å². The first kappa shape index (κ1) is 27.6. The summed E-state index contributed by atoms with van der Waals surface area (Å²) < 4.78 is 0. The lowest BCUT2D eigenvalue weighted by Gasteiger charge is -2.29. The molecule has 14 nitrogen and oxygen atoms in total. The molecule has 4 amide bonds. The molecule has 0 aromatic carbocycles. The molecule has 0 aromatic rings. The van der Waals surface area contributed by atoms with E-state index >= 15 is 0 Å². The van der Waals surface area contributed by atoms with E-state index in [-0.39, 0.29) is 38.3 Å². The molecule has 186 valence electrons. The standard InChI is InChI=1S/C19H34N8O6/c1-10(20)15(29)25-11(6-7-14(21)28)16(30)26-12(4-2-8-24-19(22)23)17(31)27-9-3-5-13(27)18(32)33/h10-13H,2-9,20H2,1H3,(H2,21,28)(H,25,29)(H,26,30)(H,32,33)(H4,22,23,24). The van der Waals surface area contributed by atoms with E-state index in [0.717, 1.165) is 0 Å². The van der Waals surface area contributed by atoms with Gasteiger partial charge in [0, 0.05) is 19.5 Å². The Morgan fingerprint density at radius 1 is 1.06 bits per heavy atom. The zero-order chi connectivity index (χ0) is 25.1. The smallest absolute Gasteiger partial charge is 0.326 e. The van der Waals surface area contributed by atoms with E-state index in [4.69, 9.17) is 22.9 Å². The van der Waals surface area contributed by atoms with E-state index in [0.29, 0.717) is 19.3 Å². The topological polar surface area (TPSA) is 249 Å². The minimum absolute atomic E-state index is 0.101. The summed E-state index contributed by atoms with van der Waals surface area (Å²) in [4.78, 5) is 65.8. The molecule has 1 aliphatic heterocycles. The summed E-state index contributed by atoms with van der Waals surface area (Å²) in [5, 5.41) is 14.4. The highest BCUT2D eigenvalue weighted by Gasteiger charge is 2.38. The predicted molar refractivity (Wildman–Crippen MR) is 118 cm³/mol. The van der Waals surface area contributed by atoms with Crippen LogP contribution in [0, 0.1) is 0 Å².